The first-order valence-electron chi connectivity index (χ1n) is 7.33. The molecule has 0 aliphatic heterocycles. The predicted octanol–water partition coefficient (Wildman–Crippen LogP) is 1.65. The summed E-state index contributed by atoms with van der Waals surface area (Å²) in [7, 11) is -1.22. The van der Waals surface area contributed by atoms with Gasteiger partial charge in [-0.15, -0.1) is 0 Å². The molecule has 0 heterocycles. The van der Waals surface area contributed by atoms with Gasteiger partial charge in [-0.1, -0.05) is 15.9 Å². The first kappa shape index (κ1) is 20.0. The van der Waals surface area contributed by atoms with Gasteiger partial charge in [-0.2, -0.15) is 0 Å². The molecule has 140 valence electrons. The monoisotopic (exact) mass is 443 g/mol. The van der Waals surface area contributed by atoms with E-state index >= 15 is 0 Å². The zero-order valence-electron chi connectivity index (χ0n) is 14.1. The van der Waals surface area contributed by atoms with Gasteiger partial charge in [0, 0.05) is 10.5 Å². The maximum absolute atomic E-state index is 13.2. The molecule has 2 aromatic rings. The number of ether oxygens (including phenoxy) is 2. The van der Waals surface area contributed by atoms with Gasteiger partial charge in [-0.3, -0.25) is 14.5 Å². The highest BCUT2D eigenvalue weighted by Gasteiger charge is 2.29. The number of hydrogen-bond acceptors (Lipinski definition) is 6. The number of carbonyl (C=O) groups excluding carboxylic acids is 1. The predicted molar refractivity (Wildman–Crippen MR) is 101 cm³/mol. The number of nitrogens with two attached hydrogens (primary N) is 1. The topological polar surface area (TPSA) is 111 Å². The van der Waals surface area contributed by atoms with Crippen LogP contribution in [0.25, 0.3) is 0 Å². The molecule has 0 aliphatic rings. The second-order valence-electron chi connectivity index (χ2n) is 5.07. The van der Waals surface area contributed by atoms with Gasteiger partial charge in [-0.05, 0) is 36.4 Å². The average Bonchev–Trinajstić information content (AvgIpc) is 2.65. The van der Waals surface area contributed by atoms with Crippen LogP contribution in [0.4, 0.5) is 5.69 Å². The van der Waals surface area contributed by atoms with Crippen LogP contribution in [-0.2, 0) is 14.8 Å². The lowest BCUT2D eigenvalue weighted by atomic mass is 10.2. The van der Waals surface area contributed by atoms with Gasteiger partial charge in [0.15, 0.2) is 0 Å². The smallest absolute Gasteiger partial charge is 0.264 e. The minimum absolute atomic E-state index is 0.00962. The highest BCUT2D eigenvalue weighted by molar-refractivity contribution is 9.10. The lowest BCUT2D eigenvalue weighted by Gasteiger charge is -2.25. The van der Waals surface area contributed by atoms with Crippen LogP contribution in [0, 0.1) is 0 Å². The number of sulfonamides is 1. The fourth-order valence-corrected chi connectivity index (χ4v) is 3.89. The van der Waals surface area contributed by atoms with Gasteiger partial charge in [0.25, 0.3) is 15.9 Å². The van der Waals surface area contributed by atoms with Crippen molar-refractivity contribution in [3.8, 4) is 11.5 Å². The lowest BCUT2D eigenvalue weighted by molar-refractivity contribution is -0.119. The Morgan fingerprint density at radius 2 is 1.81 bits per heavy atom. The number of nitrogens with zero attached hydrogens (tertiary/aromatic N) is 1. The average molecular weight is 444 g/mol. The lowest BCUT2D eigenvalue weighted by Crippen LogP contribution is -2.43. The summed E-state index contributed by atoms with van der Waals surface area (Å²) in [5.41, 5.74) is 2.09. The molecule has 0 radical (unpaired) electrons. The maximum Gasteiger partial charge on any atom is 0.264 e. The van der Waals surface area contributed by atoms with Crippen LogP contribution >= 0.6 is 15.9 Å². The quantitative estimate of drug-likeness (QED) is 0.382. The summed E-state index contributed by atoms with van der Waals surface area (Å²) in [6.45, 7) is -0.529. The maximum atomic E-state index is 13.2. The number of anilines is 1. The summed E-state index contributed by atoms with van der Waals surface area (Å²) in [6.07, 6.45) is 0. The van der Waals surface area contributed by atoms with Gasteiger partial charge >= 0.3 is 0 Å². The third kappa shape index (κ3) is 4.26. The van der Waals surface area contributed by atoms with E-state index in [4.69, 9.17) is 15.3 Å². The number of halogens is 1. The van der Waals surface area contributed by atoms with Crippen molar-refractivity contribution in [2.75, 3.05) is 25.1 Å². The molecule has 0 unspecified atom stereocenters. The van der Waals surface area contributed by atoms with Gasteiger partial charge in [0.2, 0.25) is 0 Å². The Balaban J connectivity index is 2.64. The van der Waals surface area contributed by atoms with Crippen LogP contribution in [0.15, 0.2) is 51.8 Å². The Morgan fingerprint density at radius 1 is 1.15 bits per heavy atom. The molecule has 1 amide bonds. The molecule has 0 saturated heterocycles. The van der Waals surface area contributed by atoms with E-state index < -0.39 is 22.5 Å². The van der Waals surface area contributed by atoms with E-state index in [1.54, 1.807) is 24.3 Å². The summed E-state index contributed by atoms with van der Waals surface area (Å²) < 4.78 is 38.4. The Labute approximate surface area is 160 Å². The third-order valence-electron chi connectivity index (χ3n) is 3.50. The normalized spacial score (nSPS) is 10.9. The van der Waals surface area contributed by atoms with Crippen LogP contribution in [0.5, 0.6) is 11.5 Å². The van der Waals surface area contributed by atoms with Crippen LogP contribution in [0.2, 0.25) is 0 Å². The number of hydrazine groups is 1. The molecular weight excluding hydrogens is 426 g/mol. The second kappa shape index (κ2) is 8.39. The van der Waals surface area contributed by atoms with Crippen molar-refractivity contribution >= 4 is 37.5 Å². The van der Waals surface area contributed by atoms with E-state index in [0.29, 0.717) is 5.75 Å². The fraction of sp³-hybridized carbons (Fsp3) is 0.188. The van der Waals surface area contributed by atoms with E-state index in [1.807, 2.05) is 5.43 Å². The van der Waals surface area contributed by atoms with Crippen molar-refractivity contribution in [2.24, 2.45) is 5.84 Å². The number of benzene rings is 2. The van der Waals surface area contributed by atoms with Crippen LogP contribution in [0.3, 0.4) is 0 Å². The molecule has 26 heavy (non-hydrogen) atoms. The second-order valence-corrected chi connectivity index (χ2v) is 7.85. The van der Waals surface area contributed by atoms with Crippen LogP contribution < -0.4 is 25.0 Å². The summed E-state index contributed by atoms with van der Waals surface area (Å²) in [4.78, 5) is 11.9. The number of hydrogen-bond donors (Lipinski definition) is 2. The SMILES string of the molecule is COc1ccc(OC)c(N(CC(=O)NN)S(=O)(=O)c2ccc(Br)cc2)c1. The molecule has 0 bridgehead atoms. The largest absolute Gasteiger partial charge is 0.497 e. The first-order chi connectivity index (χ1) is 12.3. The van der Waals surface area contributed by atoms with Crippen molar-refractivity contribution < 1.29 is 22.7 Å². The van der Waals surface area contributed by atoms with Crippen LogP contribution in [-0.4, -0.2) is 35.1 Å². The molecule has 0 aromatic heterocycles. The molecule has 2 aromatic carbocycles. The molecular formula is C16H18BrN3O5S. The highest BCUT2D eigenvalue weighted by Crippen LogP contribution is 2.35. The Kier molecular flexibility index (Phi) is 6.46. The standard InChI is InChI=1S/C16H18BrN3O5S/c1-24-12-5-8-15(25-2)14(9-12)20(10-16(21)19-18)26(22,23)13-6-3-11(17)4-7-13/h3-9H,10,18H2,1-2H3,(H,19,21). The Morgan fingerprint density at radius 3 is 2.35 bits per heavy atom. The zero-order chi connectivity index (χ0) is 19.3. The highest BCUT2D eigenvalue weighted by atomic mass is 79.9. The molecule has 0 atom stereocenters. The summed E-state index contributed by atoms with van der Waals surface area (Å²) in [6, 6.07) is 10.7. The van der Waals surface area contributed by atoms with E-state index in [1.165, 1.54) is 32.4 Å². The number of methoxy groups -OCH3 is 2. The van der Waals surface area contributed by atoms with Crippen molar-refractivity contribution in [1.29, 1.82) is 0 Å². The molecule has 0 aliphatic carbocycles. The molecule has 3 N–H and O–H groups in total. The van der Waals surface area contributed by atoms with Crippen LogP contribution in [0.1, 0.15) is 0 Å². The van der Waals surface area contributed by atoms with Crippen molar-refractivity contribution in [2.45, 2.75) is 4.90 Å². The number of rotatable bonds is 7. The van der Waals surface area contributed by atoms with E-state index in [0.717, 1.165) is 8.78 Å². The van der Waals surface area contributed by atoms with E-state index in [9.17, 15) is 13.2 Å². The molecule has 2 rings (SSSR count). The Bertz CT molecular complexity index is 887. The molecule has 0 saturated carbocycles. The van der Waals surface area contributed by atoms with Crippen molar-refractivity contribution in [3.63, 3.8) is 0 Å². The molecule has 0 fully saturated rings. The van der Waals surface area contributed by atoms with Gasteiger partial charge in [0.05, 0.1) is 24.8 Å². The van der Waals surface area contributed by atoms with E-state index in [2.05, 4.69) is 15.9 Å². The number of carbonyl (C=O) groups is 1. The zero-order valence-corrected chi connectivity index (χ0v) is 16.5. The van der Waals surface area contributed by atoms with Gasteiger partial charge in [0.1, 0.15) is 18.0 Å². The molecule has 0 spiro atoms. The minimum atomic E-state index is -4.07. The Hall–Kier alpha value is -2.30. The summed E-state index contributed by atoms with van der Waals surface area (Å²) in [5, 5.41) is 0. The number of nitrogens with one attached hydrogen (secondary N) is 1. The number of amides is 1. The molecule has 10 heteroatoms. The minimum Gasteiger partial charge on any atom is -0.497 e. The van der Waals surface area contributed by atoms with Crippen molar-refractivity contribution in [3.05, 3.63) is 46.9 Å². The first-order valence-corrected chi connectivity index (χ1v) is 9.56. The summed E-state index contributed by atoms with van der Waals surface area (Å²) >= 11 is 3.26. The van der Waals surface area contributed by atoms with Gasteiger partial charge < -0.3 is 9.47 Å². The van der Waals surface area contributed by atoms with Gasteiger partial charge in [-0.25, -0.2) is 14.3 Å². The van der Waals surface area contributed by atoms with E-state index in [-0.39, 0.29) is 16.3 Å². The summed E-state index contributed by atoms with van der Waals surface area (Å²) in [5.74, 6) is 5.13. The van der Waals surface area contributed by atoms with Crippen molar-refractivity contribution in [1.82, 2.24) is 5.43 Å². The fourth-order valence-electron chi connectivity index (χ4n) is 2.20. The third-order valence-corrected chi connectivity index (χ3v) is 5.81. The molecule has 8 nitrogen and oxygen atoms in total.